The Balaban J connectivity index is 2.16. The fourth-order valence-corrected chi connectivity index (χ4v) is 1.46. The van der Waals surface area contributed by atoms with Crippen molar-refractivity contribution in [2.24, 2.45) is 7.05 Å². The molecule has 80 valence electrons. The summed E-state index contributed by atoms with van der Waals surface area (Å²) in [7, 11) is 2.07. The molecule has 1 N–H and O–H groups in total. The number of aromatic nitrogens is 1. The third-order valence-corrected chi connectivity index (χ3v) is 2.19. The van der Waals surface area contributed by atoms with Gasteiger partial charge in [0.1, 0.15) is 0 Å². The second-order valence-corrected chi connectivity index (χ2v) is 4.97. The Morgan fingerprint density at radius 1 is 1.36 bits per heavy atom. The zero-order valence-electron chi connectivity index (χ0n) is 9.80. The van der Waals surface area contributed by atoms with Crippen LogP contribution in [-0.2, 0) is 13.5 Å². The molecular formula is C12H22N2. The number of rotatable bonds is 4. The van der Waals surface area contributed by atoms with Gasteiger partial charge in [0.05, 0.1) is 0 Å². The Morgan fingerprint density at radius 2 is 2.07 bits per heavy atom. The zero-order chi connectivity index (χ0) is 10.6. The molecule has 0 radical (unpaired) electrons. The van der Waals surface area contributed by atoms with Crippen LogP contribution in [0.25, 0.3) is 0 Å². The molecule has 14 heavy (non-hydrogen) atoms. The molecular weight excluding hydrogens is 172 g/mol. The Hall–Kier alpha value is -0.760. The van der Waals surface area contributed by atoms with Crippen molar-refractivity contribution in [2.45, 2.75) is 39.2 Å². The molecule has 0 aliphatic heterocycles. The van der Waals surface area contributed by atoms with Gasteiger partial charge in [0.25, 0.3) is 0 Å². The smallest absolute Gasteiger partial charge is 0.0106 e. The van der Waals surface area contributed by atoms with E-state index in [1.54, 1.807) is 0 Å². The first-order valence-electron chi connectivity index (χ1n) is 5.33. The van der Waals surface area contributed by atoms with Crippen molar-refractivity contribution < 1.29 is 0 Å². The Morgan fingerprint density at radius 3 is 2.57 bits per heavy atom. The minimum absolute atomic E-state index is 0.247. The number of nitrogens with one attached hydrogen (secondary N) is 1. The standard InChI is InChI=1S/C12H22N2/c1-12(2,3)13-8-5-6-11-7-9-14(4)10-11/h7,9-10,13H,5-6,8H2,1-4H3. The lowest BCUT2D eigenvalue weighted by molar-refractivity contribution is 0.422. The Bertz CT molecular complexity index is 268. The topological polar surface area (TPSA) is 17.0 Å². The highest BCUT2D eigenvalue weighted by atomic mass is 14.9. The highest BCUT2D eigenvalue weighted by Gasteiger charge is 2.07. The number of hydrogen-bond acceptors (Lipinski definition) is 1. The van der Waals surface area contributed by atoms with Crippen LogP contribution in [-0.4, -0.2) is 16.7 Å². The summed E-state index contributed by atoms with van der Waals surface area (Å²) >= 11 is 0. The number of hydrogen-bond donors (Lipinski definition) is 1. The monoisotopic (exact) mass is 194 g/mol. The molecule has 0 unspecified atom stereocenters. The Kier molecular flexibility index (Phi) is 3.76. The summed E-state index contributed by atoms with van der Waals surface area (Å²) in [6.07, 6.45) is 6.68. The average molecular weight is 194 g/mol. The van der Waals surface area contributed by atoms with Crippen molar-refractivity contribution in [3.05, 3.63) is 24.0 Å². The summed E-state index contributed by atoms with van der Waals surface area (Å²) in [5.41, 5.74) is 1.68. The SMILES string of the molecule is Cn1ccc(CCCNC(C)(C)C)c1. The van der Waals surface area contributed by atoms with Crippen LogP contribution in [0.5, 0.6) is 0 Å². The molecule has 1 aromatic rings. The van der Waals surface area contributed by atoms with Gasteiger partial charge < -0.3 is 9.88 Å². The summed E-state index contributed by atoms with van der Waals surface area (Å²) in [6, 6.07) is 2.19. The molecule has 0 bridgehead atoms. The summed E-state index contributed by atoms with van der Waals surface area (Å²) in [6.45, 7) is 7.71. The summed E-state index contributed by atoms with van der Waals surface area (Å²) < 4.78 is 2.10. The summed E-state index contributed by atoms with van der Waals surface area (Å²) in [4.78, 5) is 0. The van der Waals surface area contributed by atoms with E-state index in [9.17, 15) is 0 Å². The van der Waals surface area contributed by atoms with Crippen LogP contribution < -0.4 is 5.32 Å². The fourth-order valence-electron chi connectivity index (χ4n) is 1.46. The third kappa shape index (κ3) is 4.47. The van der Waals surface area contributed by atoms with Crippen LogP contribution in [0.15, 0.2) is 18.5 Å². The molecule has 0 spiro atoms. The van der Waals surface area contributed by atoms with E-state index in [4.69, 9.17) is 0 Å². The average Bonchev–Trinajstić information content (AvgIpc) is 2.44. The Labute approximate surface area is 87.3 Å². The number of aryl methyl sites for hydroxylation is 2. The molecule has 0 aliphatic carbocycles. The summed E-state index contributed by atoms with van der Waals surface area (Å²) in [5, 5.41) is 3.49. The number of nitrogens with zero attached hydrogens (tertiary/aromatic N) is 1. The van der Waals surface area contributed by atoms with Crippen molar-refractivity contribution in [1.29, 1.82) is 0 Å². The quantitative estimate of drug-likeness (QED) is 0.728. The molecule has 0 aliphatic rings. The van der Waals surface area contributed by atoms with Gasteiger partial charge in [0.2, 0.25) is 0 Å². The lowest BCUT2D eigenvalue weighted by Crippen LogP contribution is -2.36. The van der Waals surface area contributed by atoms with Gasteiger partial charge in [-0.1, -0.05) is 0 Å². The molecule has 1 rings (SSSR count). The van der Waals surface area contributed by atoms with Crippen molar-refractivity contribution in [3.63, 3.8) is 0 Å². The molecule has 0 amide bonds. The van der Waals surface area contributed by atoms with Crippen molar-refractivity contribution in [3.8, 4) is 0 Å². The second kappa shape index (κ2) is 4.65. The minimum Gasteiger partial charge on any atom is -0.357 e. The van der Waals surface area contributed by atoms with Crippen LogP contribution in [0.4, 0.5) is 0 Å². The van der Waals surface area contributed by atoms with E-state index in [-0.39, 0.29) is 5.54 Å². The molecule has 0 aromatic carbocycles. The van der Waals surface area contributed by atoms with E-state index < -0.39 is 0 Å². The summed E-state index contributed by atoms with van der Waals surface area (Å²) in [5.74, 6) is 0. The van der Waals surface area contributed by atoms with E-state index in [0.717, 1.165) is 6.54 Å². The highest BCUT2D eigenvalue weighted by Crippen LogP contribution is 2.04. The normalized spacial score (nSPS) is 12.0. The molecule has 0 saturated heterocycles. The van der Waals surface area contributed by atoms with Crippen LogP contribution in [0, 0.1) is 0 Å². The van der Waals surface area contributed by atoms with Gasteiger partial charge in [0.15, 0.2) is 0 Å². The van der Waals surface area contributed by atoms with Crippen LogP contribution in [0.2, 0.25) is 0 Å². The largest absolute Gasteiger partial charge is 0.357 e. The highest BCUT2D eigenvalue weighted by molar-refractivity contribution is 5.09. The minimum atomic E-state index is 0.247. The van der Waals surface area contributed by atoms with Gasteiger partial charge in [-0.25, -0.2) is 0 Å². The lowest BCUT2D eigenvalue weighted by atomic mass is 10.1. The maximum atomic E-state index is 3.49. The molecule has 0 atom stereocenters. The van der Waals surface area contributed by atoms with Gasteiger partial charge in [-0.05, 0) is 51.8 Å². The van der Waals surface area contributed by atoms with E-state index in [1.165, 1.54) is 18.4 Å². The van der Waals surface area contributed by atoms with Crippen LogP contribution >= 0.6 is 0 Å². The van der Waals surface area contributed by atoms with Gasteiger partial charge in [-0.3, -0.25) is 0 Å². The first-order chi connectivity index (χ1) is 6.47. The van der Waals surface area contributed by atoms with Crippen molar-refractivity contribution >= 4 is 0 Å². The van der Waals surface area contributed by atoms with Crippen molar-refractivity contribution in [2.75, 3.05) is 6.54 Å². The predicted molar refractivity (Wildman–Crippen MR) is 61.5 cm³/mol. The molecule has 1 aromatic heterocycles. The molecule has 0 fully saturated rings. The molecule has 2 nitrogen and oxygen atoms in total. The van der Waals surface area contributed by atoms with E-state index >= 15 is 0 Å². The van der Waals surface area contributed by atoms with Crippen LogP contribution in [0.3, 0.4) is 0 Å². The van der Waals surface area contributed by atoms with Gasteiger partial charge in [0, 0.05) is 25.0 Å². The van der Waals surface area contributed by atoms with E-state index in [2.05, 4.69) is 56.2 Å². The van der Waals surface area contributed by atoms with Gasteiger partial charge >= 0.3 is 0 Å². The predicted octanol–water partition coefficient (Wildman–Crippen LogP) is 2.35. The van der Waals surface area contributed by atoms with E-state index in [0.29, 0.717) is 0 Å². The third-order valence-electron chi connectivity index (χ3n) is 2.19. The van der Waals surface area contributed by atoms with E-state index in [1.807, 2.05) is 0 Å². The lowest BCUT2D eigenvalue weighted by Gasteiger charge is -2.20. The maximum Gasteiger partial charge on any atom is 0.0106 e. The molecule has 0 saturated carbocycles. The van der Waals surface area contributed by atoms with Gasteiger partial charge in [-0.2, -0.15) is 0 Å². The fraction of sp³-hybridized carbons (Fsp3) is 0.667. The second-order valence-electron chi connectivity index (χ2n) is 4.97. The van der Waals surface area contributed by atoms with Gasteiger partial charge in [-0.15, -0.1) is 0 Å². The first kappa shape index (κ1) is 11.3. The van der Waals surface area contributed by atoms with Crippen molar-refractivity contribution in [1.82, 2.24) is 9.88 Å². The maximum absolute atomic E-state index is 3.49. The van der Waals surface area contributed by atoms with Crippen LogP contribution in [0.1, 0.15) is 32.8 Å². The zero-order valence-corrected chi connectivity index (χ0v) is 9.80. The molecule has 1 heterocycles. The molecule has 2 heteroatoms. The first-order valence-corrected chi connectivity index (χ1v) is 5.33.